The number of benzene rings is 1. The molecule has 0 radical (unpaired) electrons. The molecule has 0 saturated carbocycles. The zero-order valence-electron chi connectivity index (χ0n) is 10.5. The molecular weight excluding hydrogens is 236 g/mol. The maximum atomic E-state index is 10.5. The summed E-state index contributed by atoms with van der Waals surface area (Å²) < 4.78 is 0. The van der Waals surface area contributed by atoms with Gasteiger partial charge in [-0.1, -0.05) is 38.0 Å². The number of rotatable bonds is 5. The van der Waals surface area contributed by atoms with Gasteiger partial charge in [0.2, 0.25) is 0 Å². The van der Waals surface area contributed by atoms with Crippen molar-refractivity contribution < 1.29 is 25.2 Å². The average Bonchev–Trinajstić information content (AvgIpc) is 2.39. The van der Waals surface area contributed by atoms with E-state index in [0.29, 0.717) is 12.0 Å². The first kappa shape index (κ1) is 16.6. The summed E-state index contributed by atoms with van der Waals surface area (Å²) in [6, 6.07) is 8.25. The third kappa shape index (κ3) is 8.69. The molecule has 102 valence electrons. The predicted molar refractivity (Wildman–Crippen MR) is 66.9 cm³/mol. The van der Waals surface area contributed by atoms with Crippen molar-refractivity contribution in [3.05, 3.63) is 35.9 Å². The molecule has 5 nitrogen and oxygen atoms in total. The number of aliphatic hydroxyl groups is 2. The highest BCUT2D eigenvalue weighted by molar-refractivity contribution is 5.88. The molecule has 0 aliphatic heterocycles. The van der Waals surface area contributed by atoms with Crippen LogP contribution < -0.4 is 0 Å². The summed E-state index contributed by atoms with van der Waals surface area (Å²) in [5.74, 6) is -0.736. The van der Waals surface area contributed by atoms with Gasteiger partial charge in [0.1, 0.15) is 0 Å². The lowest BCUT2D eigenvalue weighted by Gasteiger charge is -1.99. The van der Waals surface area contributed by atoms with Crippen LogP contribution in [0.15, 0.2) is 30.3 Å². The molecular formula is C13H20O5. The van der Waals surface area contributed by atoms with E-state index in [1.807, 2.05) is 0 Å². The van der Waals surface area contributed by atoms with Crippen LogP contribution in [0.4, 0.5) is 0 Å². The van der Waals surface area contributed by atoms with E-state index in [9.17, 15) is 4.79 Å². The van der Waals surface area contributed by atoms with E-state index in [1.54, 1.807) is 30.3 Å². The largest absolute Gasteiger partial charge is 0.372 e. The van der Waals surface area contributed by atoms with Crippen LogP contribution >= 0.6 is 0 Å². The van der Waals surface area contributed by atoms with E-state index in [1.165, 1.54) is 0 Å². The molecule has 0 heterocycles. The van der Waals surface area contributed by atoms with Gasteiger partial charge < -0.3 is 10.2 Å². The lowest BCUT2D eigenvalue weighted by molar-refractivity contribution is -0.182. The molecule has 0 fully saturated rings. The molecule has 0 aromatic heterocycles. The molecule has 5 heteroatoms. The maximum absolute atomic E-state index is 10.5. The van der Waals surface area contributed by atoms with Gasteiger partial charge in [-0.05, 0) is 25.0 Å². The van der Waals surface area contributed by atoms with Crippen molar-refractivity contribution in [1.82, 2.24) is 0 Å². The Kier molecular flexibility index (Phi) is 9.86. The van der Waals surface area contributed by atoms with Crippen molar-refractivity contribution in [3.8, 4) is 0 Å². The topological polar surface area (TPSA) is 87.0 Å². The molecule has 0 unspecified atom stereocenters. The molecule has 1 aromatic carbocycles. The van der Waals surface area contributed by atoms with E-state index in [0.717, 1.165) is 19.3 Å². The smallest absolute Gasteiger partial charge is 0.368 e. The van der Waals surface area contributed by atoms with Crippen LogP contribution in [0.2, 0.25) is 0 Å². The van der Waals surface area contributed by atoms with E-state index in [-0.39, 0.29) is 0 Å². The fourth-order valence-corrected chi connectivity index (χ4v) is 1.20. The van der Waals surface area contributed by atoms with Crippen LogP contribution in [0.1, 0.15) is 43.0 Å². The second-order valence-corrected chi connectivity index (χ2v) is 3.72. The third-order valence-corrected chi connectivity index (χ3v) is 2.16. The fraction of sp³-hybridized carbons (Fsp3) is 0.462. The highest BCUT2D eigenvalue weighted by Crippen LogP contribution is 2.00. The SMILES string of the molecule is CCCCCC(O)O.O=C(OO)c1ccccc1. The van der Waals surface area contributed by atoms with E-state index in [4.69, 9.17) is 15.5 Å². The number of unbranched alkanes of at least 4 members (excludes halogenated alkanes) is 2. The normalized spacial score (nSPS) is 9.61. The lowest BCUT2D eigenvalue weighted by atomic mass is 10.2. The van der Waals surface area contributed by atoms with Crippen LogP contribution in [-0.4, -0.2) is 27.7 Å². The zero-order chi connectivity index (χ0) is 13.8. The quantitative estimate of drug-likeness (QED) is 0.325. The van der Waals surface area contributed by atoms with Gasteiger partial charge in [0, 0.05) is 0 Å². The first-order valence-electron chi connectivity index (χ1n) is 5.88. The minimum absolute atomic E-state index is 0.338. The molecule has 0 bridgehead atoms. The Labute approximate surface area is 107 Å². The van der Waals surface area contributed by atoms with Crippen molar-refractivity contribution in [1.29, 1.82) is 0 Å². The summed E-state index contributed by atoms with van der Waals surface area (Å²) >= 11 is 0. The Bertz CT molecular complexity index is 310. The van der Waals surface area contributed by atoms with Crippen molar-refractivity contribution in [2.45, 2.75) is 38.9 Å². The second kappa shape index (κ2) is 10.7. The van der Waals surface area contributed by atoms with Gasteiger partial charge in [-0.3, -0.25) is 4.89 Å². The van der Waals surface area contributed by atoms with Crippen molar-refractivity contribution >= 4 is 5.97 Å². The van der Waals surface area contributed by atoms with Crippen LogP contribution in [0.5, 0.6) is 0 Å². The van der Waals surface area contributed by atoms with Crippen LogP contribution in [0, 0.1) is 0 Å². The predicted octanol–water partition coefficient (Wildman–Crippen LogP) is 2.19. The Hall–Kier alpha value is -1.43. The van der Waals surface area contributed by atoms with Crippen molar-refractivity contribution in [2.24, 2.45) is 0 Å². The Morgan fingerprint density at radius 1 is 1.22 bits per heavy atom. The van der Waals surface area contributed by atoms with Crippen LogP contribution in [0.3, 0.4) is 0 Å². The van der Waals surface area contributed by atoms with E-state index < -0.39 is 12.3 Å². The minimum Gasteiger partial charge on any atom is -0.368 e. The maximum Gasteiger partial charge on any atom is 0.372 e. The van der Waals surface area contributed by atoms with Crippen molar-refractivity contribution in [2.75, 3.05) is 0 Å². The standard InChI is InChI=1S/C7H6O3.C6H14O2/c8-7(10-9)6-4-2-1-3-5-6;1-2-3-4-5-6(7)8/h1-5,9H;6-8H,2-5H2,1H3. The van der Waals surface area contributed by atoms with Gasteiger partial charge in [-0.15, -0.1) is 0 Å². The second-order valence-electron chi connectivity index (χ2n) is 3.72. The van der Waals surface area contributed by atoms with E-state index in [2.05, 4.69) is 11.8 Å². The highest BCUT2D eigenvalue weighted by Gasteiger charge is 2.02. The molecule has 0 spiro atoms. The number of hydrogen-bond donors (Lipinski definition) is 3. The molecule has 0 saturated heterocycles. The number of aliphatic hydroxyl groups excluding tert-OH is 1. The van der Waals surface area contributed by atoms with Gasteiger partial charge in [-0.2, -0.15) is 5.26 Å². The Balaban J connectivity index is 0.000000331. The monoisotopic (exact) mass is 256 g/mol. The van der Waals surface area contributed by atoms with E-state index >= 15 is 0 Å². The average molecular weight is 256 g/mol. The molecule has 1 aromatic rings. The first-order valence-corrected chi connectivity index (χ1v) is 5.88. The highest BCUT2D eigenvalue weighted by atomic mass is 17.1. The third-order valence-electron chi connectivity index (χ3n) is 2.16. The van der Waals surface area contributed by atoms with Gasteiger partial charge in [0.25, 0.3) is 0 Å². The molecule has 0 aliphatic carbocycles. The number of carbonyl (C=O) groups is 1. The molecule has 18 heavy (non-hydrogen) atoms. The van der Waals surface area contributed by atoms with Crippen molar-refractivity contribution in [3.63, 3.8) is 0 Å². The fourth-order valence-electron chi connectivity index (χ4n) is 1.20. The Morgan fingerprint density at radius 3 is 2.28 bits per heavy atom. The van der Waals surface area contributed by atoms with Crippen LogP contribution in [0.25, 0.3) is 0 Å². The van der Waals surface area contributed by atoms with Gasteiger partial charge >= 0.3 is 5.97 Å². The summed E-state index contributed by atoms with van der Waals surface area (Å²) in [5, 5.41) is 24.6. The summed E-state index contributed by atoms with van der Waals surface area (Å²) in [4.78, 5) is 14.0. The molecule has 0 aliphatic rings. The molecule has 3 N–H and O–H groups in total. The summed E-state index contributed by atoms with van der Waals surface area (Å²) in [7, 11) is 0. The molecule has 0 atom stereocenters. The van der Waals surface area contributed by atoms with Gasteiger partial charge in [0.15, 0.2) is 6.29 Å². The number of hydrogen-bond acceptors (Lipinski definition) is 5. The first-order chi connectivity index (χ1) is 8.61. The summed E-state index contributed by atoms with van der Waals surface area (Å²) in [6.07, 6.45) is 2.58. The summed E-state index contributed by atoms with van der Waals surface area (Å²) in [5.41, 5.74) is 0.338. The molecule has 0 amide bonds. The number of carbonyl (C=O) groups excluding carboxylic acids is 1. The van der Waals surface area contributed by atoms with Gasteiger partial charge in [0.05, 0.1) is 5.56 Å². The lowest BCUT2D eigenvalue weighted by Crippen LogP contribution is -2.02. The zero-order valence-corrected chi connectivity index (χ0v) is 10.5. The van der Waals surface area contributed by atoms with Gasteiger partial charge in [-0.25, -0.2) is 4.79 Å². The Morgan fingerprint density at radius 2 is 1.83 bits per heavy atom. The van der Waals surface area contributed by atoms with Crippen LogP contribution in [-0.2, 0) is 4.89 Å². The molecule has 1 rings (SSSR count). The minimum atomic E-state index is -1.10. The summed E-state index contributed by atoms with van der Waals surface area (Å²) in [6.45, 7) is 2.09.